The molecule has 1 rings (SSSR count). The molecular weight excluding hydrogens is 238 g/mol. The molecule has 0 saturated heterocycles. The Balaban J connectivity index is 2.44. The maximum absolute atomic E-state index is 11.4. The van der Waals surface area contributed by atoms with E-state index in [0.717, 1.165) is 0 Å². The van der Waals surface area contributed by atoms with Crippen LogP contribution in [0, 0.1) is 0 Å². The fraction of sp³-hybridized carbons (Fsp3) is 0.333. The molecule has 1 aromatic carbocycles. The average Bonchev–Trinajstić information content (AvgIpc) is 2.36. The molecule has 0 spiro atoms. The van der Waals surface area contributed by atoms with Gasteiger partial charge in [-0.05, 0) is 19.1 Å². The molecule has 0 bridgehead atoms. The summed E-state index contributed by atoms with van der Waals surface area (Å²) in [4.78, 5) is 21.9. The third-order valence-corrected chi connectivity index (χ3v) is 2.16. The lowest BCUT2D eigenvalue weighted by atomic mass is 10.3. The predicted octanol–water partition coefficient (Wildman–Crippen LogP) is 0.663. The lowest BCUT2D eigenvalue weighted by molar-refractivity contribution is -0.141. The van der Waals surface area contributed by atoms with Crippen molar-refractivity contribution in [3.63, 3.8) is 0 Å². The van der Waals surface area contributed by atoms with E-state index in [-0.39, 0.29) is 6.61 Å². The smallest absolute Gasteiger partial charge is 0.325 e. The highest BCUT2D eigenvalue weighted by atomic mass is 16.5. The van der Waals surface area contributed by atoms with Gasteiger partial charge in [0, 0.05) is 6.07 Å². The van der Waals surface area contributed by atoms with Crippen LogP contribution < -0.4 is 14.8 Å². The van der Waals surface area contributed by atoms with Crippen molar-refractivity contribution in [2.75, 3.05) is 13.7 Å². The number of ether oxygens (including phenoxy) is 2. The minimum absolute atomic E-state index is 0.245. The molecular formula is C12H15NO5. The molecule has 0 saturated carbocycles. The Bertz CT molecular complexity index is 432. The second-order valence-electron chi connectivity index (χ2n) is 3.60. The minimum atomic E-state index is -1.09. The molecule has 6 heteroatoms. The lowest BCUT2D eigenvalue weighted by Gasteiger charge is -2.10. The van der Waals surface area contributed by atoms with Crippen LogP contribution in [0.25, 0.3) is 0 Å². The van der Waals surface area contributed by atoms with Gasteiger partial charge >= 0.3 is 5.97 Å². The first-order chi connectivity index (χ1) is 8.52. The molecule has 18 heavy (non-hydrogen) atoms. The monoisotopic (exact) mass is 253 g/mol. The fourth-order valence-electron chi connectivity index (χ4n) is 1.18. The Labute approximate surface area is 105 Å². The molecule has 0 aliphatic rings. The minimum Gasteiger partial charge on any atom is -0.497 e. The third-order valence-electron chi connectivity index (χ3n) is 2.16. The van der Waals surface area contributed by atoms with E-state index in [9.17, 15) is 9.59 Å². The number of hydrogen-bond donors (Lipinski definition) is 2. The summed E-state index contributed by atoms with van der Waals surface area (Å²) in [6.07, 6.45) is 0. The van der Waals surface area contributed by atoms with Crippen molar-refractivity contribution in [3.8, 4) is 11.5 Å². The molecule has 0 aromatic heterocycles. The lowest BCUT2D eigenvalue weighted by Crippen LogP contribution is -2.40. The number of carboxylic acids is 1. The van der Waals surface area contributed by atoms with Gasteiger partial charge in [-0.1, -0.05) is 6.07 Å². The highest BCUT2D eigenvalue weighted by Crippen LogP contribution is 2.18. The van der Waals surface area contributed by atoms with Gasteiger partial charge in [0.25, 0.3) is 5.91 Å². The number of nitrogens with one attached hydrogen (secondary N) is 1. The van der Waals surface area contributed by atoms with Crippen molar-refractivity contribution < 1.29 is 24.2 Å². The molecule has 0 aliphatic carbocycles. The summed E-state index contributed by atoms with van der Waals surface area (Å²) < 4.78 is 10.2. The summed E-state index contributed by atoms with van der Waals surface area (Å²) in [5.74, 6) is -0.489. The van der Waals surface area contributed by atoms with Crippen LogP contribution in [-0.4, -0.2) is 36.7 Å². The summed E-state index contributed by atoms with van der Waals surface area (Å²) >= 11 is 0. The van der Waals surface area contributed by atoms with Gasteiger partial charge < -0.3 is 19.9 Å². The Morgan fingerprint density at radius 2 is 2.06 bits per heavy atom. The van der Waals surface area contributed by atoms with Gasteiger partial charge in [0.1, 0.15) is 17.5 Å². The van der Waals surface area contributed by atoms with E-state index in [1.807, 2.05) is 0 Å². The summed E-state index contributed by atoms with van der Waals surface area (Å²) in [5.41, 5.74) is 0. The van der Waals surface area contributed by atoms with Crippen LogP contribution in [0.2, 0.25) is 0 Å². The Morgan fingerprint density at radius 1 is 1.39 bits per heavy atom. The van der Waals surface area contributed by atoms with Crippen molar-refractivity contribution in [2.45, 2.75) is 13.0 Å². The summed E-state index contributed by atoms with van der Waals surface area (Å²) in [6, 6.07) is 5.85. The molecule has 0 aliphatic heterocycles. The van der Waals surface area contributed by atoms with E-state index in [1.165, 1.54) is 14.0 Å². The fourth-order valence-corrected chi connectivity index (χ4v) is 1.18. The normalized spacial score (nSPS) is 11.4. The predicted molar refractivity (Wildman–Crippen MR) is 63.7 cm³/mol. The van der Waals surface area contributed by atoms with Crippen LogP contribution in [0.15, 0.2) is 24.3 Å². The highest BCUT2D eigenvalue weighted by Gasteiger charge is 2.14. The standard InChI is InChI=1S/C12H15NO5/c1-8(12(15)16)13-11(14)7-18-10-5-3-4-9(6-10)17-2/h3-6,8H,7H2,1-2H3,(H,13,14)(H,15,16)/t8-/m1/s1. The van der Waals surface area contributed by atoms with Gasteiger partial charge in [-0.25, -0.2) is 0 Å². The molecule has 2 N–H and O–H groups in total. The van der Waals surface area contributed by atoms with Crippen molar-refractivity contribution in [1.29, 1.82) is 0 Å². The zero-order chi connectivity index (χ0) is 13.5. The van der Waals surface area contributed by atoms with Crippen LogP contribution in [0.1, 0.15) is 6.92 Å². The maximum atomic E-state index is 11.4. The summed E-state index contributed by atoms with van der Waals surface area (Å²) in [7, 11) is 1.53. The van der Waals surface area contributed by atoms with E-state index in [2.05, 4.69) is 5.32 Å². The maximum Gasteiger partial charge on any atom is 0.325 e. The van der Waals surface area contributed by atoms with Crippen molar-refractivity contribution in [1.82, 2.24) is 5.32 Å². The molecule has 0 heterocycles. The number of carbonyl (C=O) groups is 2. The van der Waals surface area contributed by atoms with Gasteiger partial charge in [-0.15, -0.1) is 0 Å². The van der Waals surface area contributed by atoms with Crippen molar-refractivity contribution >= 4 is 11.9 Å². The van der Waals surface area contributed by atoms with E-state index < -0.39 is 17.9 Å². The van der Waals surface area contributed by atoms with Gasteiger partial charge in [-0.2, -0.15) is 0 Å². The van der Waals surface area contributed by atoms with E-state index >= 15 is 0 Å². The summed E-state index contributed by atoms with van der Waals surface area (Å²) in [5, 5.41) is 10.9. The second kappa shape index (κ2) is 6.48. The van der Waals surface area contributed by atoms with Crippen molar-refractivity contribution in [2.24, 2.45) is 0 Å². The Hall–Kier alpha value is -2.24. The van der Waals surface area contributed by atoms with Crippen LogP contribution in [-0.2, 0) is 9.59 Å². The van der Waals surface area contributed by atoms with Gasteiger partial charge in [0.05, 0.1) is 7.11 Å². The first-order valence-corrected chi connectivity index (χ1v) is 5.32. The topological polar surface area (TPSA) is 84.9 Å². The first kappa shape index (κ1) is 13.8. The van der Waals surface area contributed by atoms with Gasteiger partial charge in [-0.3, -0.25) is 9.59 Å². The number of benzene rings is 1. The SMILES string of the molecule is COc1cccc(OCC(=O)N[C@H](C)C(=O)O)c1. The molecule has 0 unspecified atom stereocenters. The van der Waals surface area contributed by atoms with Crippen LogP contribution >= 0.6 is 0 Å². The number of amides is 1. The van der Waals surface area contributed by atoms with Gasteiger partial charge in [0.15, 0.2) is 6.61 Å². The molecule has 6 nitrogen and oxygen atoms in total. The van der Waals surface area contributed by atoms with E-state index in [4.69, 9.17) is 14.6 Å². The molecule has 1 aromatic rings. The van der Waals surface area contributed by atoms with Gasteiger partial charge in [0.2, 0.25) is 0 Å². The molecule has 0 fully saturated rings. The largest absolute Gasteiger partial charge is 0.497 e. The molecule has 1 atom stereocenters. The summed E-state index contributed by atoms with van der Waals surface area (Å²) in [6.45, 7) is 1.14. The first-order valence-electron chi connectivity index (χ1n) is 5.32. The quantitative estimate of drug-likeness (QED) is 0.778. The number of hydrogen-bond acceptors (Lipinski definition) is 4. The number of carbonyl (C=O) groups excluding carboxylic acids is 1. The highest BCUT2D eigenvalue weighted by molar-refractivity contribution is 5.84. The molecule has 0 radical (unpaired) electrons. The molecule has 98 valence electrons. The van der Waals surface area contributed by atoms with Crippen LogP contribution in [0.3, 0.4) is 0 Å². The zero-order valence-electron chi connectivity index (χ0n) is 10.2. The zero-order valence-corrected chi connectivity index (χ0v) is 10.2. The Kier molecular flexibility index (Phi) is 4.98. The second-order valence-corrected chi connectivity index (χ2v) is 3.60. The number of rotatable bonds is 6. The molecule has 1 amide bonds. The number of methoxy groups -OCH3 is 1. The van der Waals surface area contributed by atoms with E-state index in [1.54, 1.807) is 24.3 Å². The third kappa shape index (κ3) is 4.32. The number of carboxylic acid groups (broad SMARTS) is 1. The van der Waals surface area contributed by atoms with Crippen LogP contribution in [0.4, 0.5) is 0 Å². The van der Waals surface area contributed by atoms with E-state index in [0.29, 0.717) is 11.5 Å². The number of aliphatic carboxylic acids is 1. The Morgan fingerprint density at radius 3 is 2.67 bits per heavy atom. The van der Waals surface area contributed by atoms with Crippen molar-refractivity contribution in [3.05, 3.63) is 24.3 Å². The van der Waals surface area contributed by atoms with Crippen LogP contribution in [0.5, 0.6) is 11.5 Å². The average molecular weight is 253 g/mol.